The highest BCUT2D eigenvalue weighted by molar-refractivity contribution is 9.10. The number of rotatable bonds is 0. The highest BCUT2D eigenvalue weighted by Crippen LogP contribution is 2.29. The van der Waals surface area contributed by atoms with E-state index < -0.39 is 6.23 Å². The zero-order valence-electron chi connectivity index (χ0n) is 6.04. The van der Waals surface area contributed by atoms with Gasteiger partial charge in [-0.3, -0.25) is 4.79 Å². The second-order valence-electron chi connectivity index (χ2n) is 2.58. The molecule has 0 aromatic heterocycles. The second kappa shape index (κ2) is 2.57. The first-order valence-electron chi connectivity index (χ1n) is 3.47. The van der Waals surface area contributed by atoms with Crippen LogP contribution in [0.2, 0.25) is 0 Å². The monoisotopic (exact) mass is 227 g/mol. The van der Waals surface area contributed by atoms with Crippen molar-refractivity contribution in [3.8, 4) is 0 Å². The lowest BCUT2D eigenvalue weighted by Crippen LogP contribution is -2.18. The maximum Gasteiger partial charge on any atom is 0.255 e. The quantitative estimate of drug-likeness (QED) is 0.700. The van der Waals surface area contributed by atoms with Crippen LogP contribution < -0.4 is 5.32 Å². The number of nitrogens with one attached hydrogen (secondary N) is 1. The van der Waals surface area contributed by atoms with Gasteiger partial charge in [-0.05, 0) is 22.0 Å². The van der Waals surface area contributed by atoms with E-state index in [4.69, 9.17) is 0 Å². The molecule has 1 heterocycles. The van der Waals surface area contributed by atoms with E-state index in [1.165, 1.54) is 0 Å². The average molecular weight is 228 g/mol. The number of carbonyl (C=O) groups is 1. The van der Waals surface area contributed by atoms with Gasteiger partial charge < -0.3 is 10.4 Å². The van der Waals surface area contributed by atoms with Crippen LogP contribution in [-0.4, -0.2) is 11.0 Å². The molecule has 1 atom stereocenters. The van der Waals surface area contributed by atoms with E-state index in [2.05, 4.69) is 21.2 Å². The fraction of sp³-hybridized carbons (Fsp3) is 0.125. The van der Waals surface area contributed by atoms with Gasteiger partial charge in [-0.15, -0.1) is 0 Å². The summed E-state index contributed by atoms with van der Waals surface area (Å²) < 4.78 is 0.717. The number of fused-ring (bicyclic) bond motifs is 1. The lowest BCUT2D eigenvalue weighted by Gasteiger charge is -2.01. The van der Waals surface area contributed by atoms with Crippen molar-refractivity contribution in [2.75, 3.05) is 0 Å². The number of benzene rings is 1. The highest BCUT2D eigenvalue weighted by Gasteiger charge is 2.28. The van der Waals surface area contributed by atoms with Crippen LogP contribution in [0.1, 0.15) is 22.1 Å². The van der Waals surface area contributed by atoms with Crippen molar-refractivity contribution in [2.24, 2.45) is 0 Å². The third-order valence-corrected chi connectivity index (χ3v) is 2.50. The molecule has 4 heteroatoms. The summed E-state index contributed by atoms with van der Waals surface area (Å²) in [6, 6.07) is 5.28. The van der Waals surface area contributed by atoms with Crippen LogP contribution in [0.4, 0.5) is 0 Å². The molecule has 62 valence electrons. The van der Waals surface area contributed by atoms with Crippen LogP contribution in [0.3, 0.4) is 0 Å². The predicted molar refractivity (Wildman–Crippen MR) is 46.6 cm³/mol. The van der Waals surface area contributed by atoms with Crippen LogP contribution in [0.15, 0.2) is 22.7 Å². The first-order valence-corrected chi connectivity index (χ1v) is 4.27. The van der Waals surface area contributed by atoms with E-state index >= 15 is 0 Å². The summed E-state index contributed by atoms with van der Waals surface area (Å²) in [5.74, 6) is -0.232. The minimum Gasteiger partial charge on any atom is -0.369 e. The molecule has 0 bridgehead atoms. The van der Waals surface area contributed by atoms with E-state index in [9.17, 15) is 9.90 Å². The summed E-state index contributed by atoms with van der Waals surface area (Å²) in [5, 5.41) is 11.7. The Morgan fingerprint density at radius 2 is 2.25 bits per heavy atom. The van der Waals surface area contributed by atoms with Gasteiger partial charge in [-0.2, -0.15) is 0 Å². The van der Waals surface area contributed by atoms with Gasteiger partial charge in [-0.25, -0.2) is 0 Å². The molecule has 0 radical (unpaired) electrons. The number of amides is 1. The number of hydrogen-bond acceptors (Lipinski definition) is 2. The van der Waals surface area contributed by atoms with Crippen LogP contribution in [-0.2, 0) is 0 Å². The fourth-order valence-electron chi connectivity index (χ4n) is 1.28. The molecule has 0 saturated heterocycles. The van der Waals surface area contributed by atoms with Crippen molar-refractivity contribution in [1.82, 2.24) is 5.32 Å². The van der Waals surface area contributed by atoms with Crippen molar-refractivity contribution >= 4 is 21.8 Å². The minimum absolute atomic E-state index is 0.232. The Hall–Kier alpha value is -0.870. The molecule has 0 spiro atoms. The van der Waals surface area contributed by atoms with Crippen molar-refractivity contribution in [3.05, 3.63) is 33.8 Å². The van der Waals surface area contributed by atoms with Crippen molar-refractivity contribution < 1.29 is 9.90 Å². The lowest BCUT2D eigenvalue weighted by molar-refractivity contribution is 0.0850. The van der Waals surface area contributed by atoms with E-state index in [-0.39, 0.29) is 5.91 Å². The summed E-state index contributed by atoms with van der Waals surface area (Å²) in [6.45, 7) is 0. The molecule has 1 aliphatic rings. The molecule has 2 rings (SSSR count). The Labute approximate surface area is 77.5 Å². The smallest absolute Gasteiger partial charge is 0.255 e. The summed E-state index contributed by atoms with van der Waals surface area (Å²) >= 11 is 3.24. The van der Waals surface area contributed by atoms with Crippen molar-refractivity contribution in [2.45, 2.75) is 6.23 Å². The summed E-state index contributed by atoms with van der Waals surface area (Å²) in [5.41, 5.74) is 1.17. The maximum absolute atomic E-state index is 11.2. The Morgan fingerprint density at radius 1 is 1.50 bits per heavy atom. The zero-order valence-corrected chi connectivity index (χ0v) is 7.63. The lowest BCUT2D eigenvalue weighted by atomic mass is 10.1. The number of hydrogen-bond donors (Lipinski definition) is 2. The van der Waals surface area contributed by atoms with Gasteiger partial charge in [0.05, 0.1) is 5.56 Å². The molecule has 2 N–H and O–H groups in total. The molecule has 0 saturated carbocycles. The van der Waals surface area contributed by atoms with Gasteiger partial charge in [0, 0.05) is 10.0 Å². The number of carbonyl (C=O) groups excluding carboxylic acids is 1. The molecule has 1 unspecified atom stereocenters. The standard InChI is InChI=1S/C8H6BrNO2/c9-5-3-1-2-4-6(5)8(12)10-7(4)11/h1-3,7,11H,(H,10,12). The van der Waals surface area contributed by atoms with E-state index in [1.54, 1.807) is 18.2 Å². The Balaban J connectivity index is 2.67. The zero-order chi connectivity index (χ0) is 8.72. The molecule has 12 heavy (non-hydrogen) atoms. The van der Waals surface area contributed by atoms with Gasteiger partial charge >= 0.3 is 0 Å². The Bertz CT molecular complexity index is 351. The molecule has 1 aromatic carbocycles. The summed E-state index contributed by atoms with van der Waals surface area (Å²) in [6.07, 6.45) is -0.856. The normalized spacial score (nSPS) is 20.5. The van der Waals surface area contributed by atoms with E-state index in [1.807, 2.05) is 0 Å². The third kappa shape index (κ3) is 0.956. The SMILES string of the molecule is O=C1NC(O)c2cccc(Br)c21. The minimum atomic E-state index is -0.856. The molecule has 1 aromatic rings. The predicted octanol–water partition coefficient (Wildman–Crippen LogP) is 1.18. The third-order valence-electron chi connectivity index (χ3n) is 1.84. The molecule has 0 fully saturated rings. The molecule has 3 nitrogen and oxygen atoms in total. The molecular weight excluding hydrogens is 222 g/mol. The van der Waals surface area contributed by atoms with Crippen molar-refractivity contribution in [1.29, 1.82) is 0 Å². The number of halogens is 1. The van der Waals surface area contributed by atoms with Gasteiger partial charge in [0.2, 0.25) is 0 Å². The topological polar surface area (TPSA) is 49.3 Å². The second-order valence-corrected chi connectivity index (χ2v) is 3.43. The fourth-order valence-corrected chi connectivity index (χ4v) is 1.84. The van der Waals surface area contributed by atoms with Crippen LogP contribution in [0.5, 0.6) is 0 Å². The molecular formula is C8H6BrNO2. The van der Waals surface area contributed by atoms with Crippen LogP contribution in [0.25, 0.3) is 0 Å². The van der Waals surface area contributed by atoms with E-state index in [0.29, 0.717) is 15.6 Å². The maximum atomic E-state index is 11.2. The van der Waals surface area contributed by atoms with Crippen LogP contribution in [0, 0.1) is 0 Å². The number of aliphatic hydroxyl groups excluding tert-OH is 1. The van der Waals surface area contributed by atoms with Crippen molar-refractivity contribution in [3.63, 3.8) is 0 Å². The summed E-state index contributed by atoms with van der Waals surface area (Å²) in [7, 11) is 0. The van der Waals surface area contributed by atoms with E-state index in [0.717, 1.165) is 0 Å². The van der Waals surface area contributed by atoms with Gasteiger partial charge in [-0.1, -0.05) is 12.1 Å². The van der Waals surface area contributed by atoms with Gasteiger partial charge in [0.25, 0.3) is 5.91 Å². The largest absolute Gasteiger partial charge is 0.369 e. The van der Waals surface area contributed by atoms with Crippen LogP contribution >= 0.6 is 15.9 Å². The van der Waals surface area contributed by atoms with Gasteiger partial charge in [0.15, 0.2) is 6.23 Å². The van der Waals surface area contributed by atoms with Gasteiger partial charge in [0.1, 0.15) is 0 Å². The highest BCUT2D eigenvalue weighted by atomic mass is 79.9. The first-order chi connectivity index (χ1) is 5.70. The first kappa shape index (κ1) is 7.76. The molecule has 1 amide bonds. The summed E-state index contributed by atoms with van der Waals surface area (Å²) in [4.78, 5) is 11.2. The Morgan fingerprint density at radius 3 is 2.92 bits per heavy atom. The Kier molecular flexibility index (Phi) is 1.66. The average Bonchev–Trinajstić information content (AvgIpc) is 2.29. The molecule has 0 aliphatic carbocycles. The number of aliphatic hydroxyl groups is 1. The molecule has 1 aliphatic heterocycles.